The van der Waals surface area contributed by atoms with Crippen molar-refractivity contribution in [2.24, 2.45) is 5.10 Å². The van der Waals surface area contributed by atoms with E-state index in [0.717, 1.165) is 0 Å². The first kappa shape index (κ1) is 25.6. The van der Waals surface area contributed by atoms with Crippen LogP contribution in [0.5, 0.6) is 11.5 Å². The molecule has 0 bridgehead atoms. The average Bonchev–Trinajstić information content (AvgIpc) is 2.92. The molecule has 4 aromatic carbocycles. The van der Waals surface area contributed by atoms with Crippen LogP contribution in [0.3, 0.4) is 0 Å². The van der Waals surface area contributed by atoms with Gasteiger partial charge in [-0.15, -0.1) is 0 Å². The van der Waals surface area contributed by atoms with E-state index in [1.165, 1.54) is 42.6 Å². The van der Waals surface area contributed by atoms with Crippen molar-refractivity contribution < 1.29 is 23.9 Å². The highest BCUT2D eigenvalue weighted by atomic mass is 35.5. The first-order chi connectivity index (χ1) is 17.9. The van der Waals surface area contributed by atoms with Crippen LogP contribution in [0.4, 0.5) is 0 Å². The molecule has 4 rings (SSSR count). The summed E-state index contributed by atoms with van der Waals surface area (Å²) < 4.78 is 11.0. The average molecular weight is 533 g/mol. The van der Waals surface area contributed by atoms with Crippen molar-refractivity contribution in [3.05, 3.63) is 129 Å². The van der Waals surface area contributed by atoms with E-state index in [-0.39, 0.29) is 22.1 Å². The molecule has 0 saturated carbocycles. The third-order valence-electron chi connectivity index (χ3n) is 4.97. The largest absolute Gasteiger partial charge is 0.423 e. The highest BCUT2D eigenvalue weighted by Crippen LogP contribution is 2.26. The maximum Gasteiger partial charge on any atom is 0.343 e. The molecule has 0 spiro atoms. The highest BCUT2D eigenvalue weighted by Gasteiger charge is 2.15. The molecule has 0 saturated heterocycles. The topological polar surface area (TPSA) is 94.1 Å². The fourth-order valence-corrected chi connectivity index (χ4v) is 3.41. The number of rotatable bonds is 7. The minimum atomic E-state index is -0.623. The Morgan fingerprint density at radius 2 is 1.30 bits per heavy atom. The summed E-state index contributed by atoms with van der Waals surface area (Å²) in [6, 6.07) is 25.7. The number of carbonyl (C=O) groups is 3. The van der Waals surface area contributed by atoms with Gasteiger partial charge in [-0.3, -0.25) is 4.79 Å². The summed E-state index contributed by atoms with van der Waals surface area (Å²) >= 11 is 11.8. The van der Waals surface area contributed by atoms with E-state index in [1.807, 2.05) is 0 Å². The van der Waals surface area contributed by atoms with Gasteiger partial charge < -0.3 is 9.47 Å². The Labute approximate surface area is 222 Å². The van der Waals surface area contributed by atoms with E-state index in [1.54, 1.807) is 60.7 Å². The number of carbonyl (C=O) groups excluding carboxylic acids is 3. The molecule has 4 aromatic rings. The molecule has 0 heterocycles. The quantitative estimate of drug-likeness (QED) is 0.132. The lowest BCUT2D eigenvalue weighted by Gasteiger charge is -2.10. The molecule has 0 aliphatic heterocycles. The van der Waals surface area contributed by atoms with Crippen LogP contribution in [0.25, 0.3) is 0 Å². The van der Waals surface area contributed by atoms with Crippen molar-refractivity contribution >= 4 is 47.3 Å². The van der Waals surface area contributed by atoms with E-state index in [9.17, 15) is 14.4 Å². The number of hydrogen-bond donors (Lipinski definition) is 1. The van der Waals surface area contributed by atoms with E-state index >= 15 is 0 Å². The molecule has 0 aliphatic rings. The number of hydrogen-bond acceptors (Lipinski definition) is 6. The van der Waals surface area contributed by atoms with Crippen LogP contribution < -0.4 is 14.9 Å². The zero-order chi connectivity index (χ0) is 26.2. The third kappa shape index (κ3) is 6.82. The molecule has 1 amide bonds. The number of ether oxygens (including phenoxy) is 2. The van der Waals surface area contributed by atoms with E-state index < -0.39 is 17.8 Å². The number of nitrogens with zero attached hydrogens (tertiary/aromatic N) is 1. The maximum absolute atomic E-state index is 12.7. The van der Waals surface area contributed by atoms with Crippen LogP contribution in [-0.2, 0) is 0 Å². The van der Waals surface area contributed by atoms with Crippen molar-refractivity contribution in [3.63, 3.8) is 0 Å². The second-order valence-electron chi connectivity index (χ2n) is 7.54. The fourth-order valence-electron chi connectivity index (χ4n) is 3.11. The molecule has 9 heteroatoms. The first-order valence-electron chi connectivity index (χ1n) is 10.9. The molecule has 0 atom stereocenters. The van der Waals surface area contributed by atoms with Gasteiger partial charge in [0.1, 0.15) is 11.5 Å². The molecule has 0 aromatic heterocycles. The second-order valence-corrected chi connectivity index (χ2v) is 8.35. The summed E-state index contributed by atoms with van der Waals surface area (Å²) in [4.78, 5) is 37.5. The van der Waals surface area contributed by atoms with Crippen LogP contribution in [0.2, 0.25) is 10.0 Å². The zero-order valence-corrected chi connectivity index (χ0v) is 20.6. The molecular weight excluding hydrogens is 515 g/mol. The lowest BCUT2D eigenvalue weighted by atomic mass is 10.2. The van der Waals surface area contributed by atoms with Crippen molar-refractivity contribution in [2.75, 3.05) is 0 Å². The summed E-state index contributed by atoms with van der Waals surface area (Å²) in [5, 5.41) is 4.50. The lowest BCUT2D eigenvalue weighted by molar-refractivity contribution is 0.0732. The van der Waals surface area contributed by atoms with Crippen molar-refractivity contribution in [1.82, 2.24) is 5.43 Å². The van der Waals surface area contributed by atoms with Gasteiger partial charge in [0.2, 0.25) is 0 Å². The number of amides is 1. The number of esters is 2. The van der Waals surface area contributed by atoms with Gasteiger partial charge in [0.05, 0.1) is 27.4 Å². The second kappa shape index (κ2) is 12.0. The Balaban J connectivity index is 1.56. The molecule has 0 radical (unpaired) electrons. The zero-order valence-electron chi connectivity index (χ0n) is 19.1. The number of halogens is 2. The summed E-state index contributed by atoms with van der Waals surface area (Å²) in [6.07, 6.45) is 1.30. The molecule has 7 nitrogen and oxygen atoms in total. The van der Waals surface area contributed by atoms with Gasteiger partial charge in [-0.25, -0.2) is 15.0 Å². The smallest absolute Gasteiger partial charge is 0.343 e. The molecule has 184 valence electrons. The normalized spacial score (nSPS) is 10.6. The van der Waals surface area contributed by atoms with Crippen LogP contribution >= 0.6 is 23.2 Å². The van der Waals surface area contributed by atoms with Crippen LogP contribution in [-0.4, -0.2) is 24.1 Å². The highest BCUT2D eigenvalue weighted by molar-refractivity contribution is 6.42. The molecule has 0 unspecified atom stereocenters. The van der Waals surface area contributed by atoms with Crippen molar-refractivity contribution in [3.8, 4) is 11.5 Å². The summed E-state index contributed by atoms with van der Waals surface area (Å²) in [7, 11) is 0. The number of benzene rings is 4. The van der Waals surface area contributed by atoms with Gasteiger partial charge >= 0.3 is 11.9 Å². The van der Waals surface area contributed by atoms with Gasteiger partial charge in [0.25, 0.3) is 5.91 Å². The Morgan fingerprint density at radius 1 is 0.676 bits per heavy atom. The van der Waals surface area contributed by atoms with E-state index in [2.05, 4.69) is 10.5 Å². The Bertz CT molecular complexity index is 1470. The van der Waals surface area contributed by atoms with Crippen molar-refractivity contribution in [2.45, 2.75) is 0 Å². The Morgan fingerprint density at radius 3 is 1.92 bits per heavy atom. The predicted octanol–water partition coefficient (Wildman–Crippen LogP) is 6.20. The van der Waals surface area contributed by atoms with E-state index in [0.29, 0.717) is 21.7 Å². The van der Waals surface area contributed by atoms with Gasteiger partial charge in [-0.2, -0.15) is 5.10 Å². The van der Waals surface area contributed by atoms with Gasteiger partial charge in [0.15, 0.2) is 0 Å². The molecule has 37 heavy (non-hydrogen) atoms. The molecule has 0 aliphatic carbocycles. The van der Waals surface area contributed by atoms with E-state index in [4.69, 9.17) is 32.7 Å². The monoisotopic (exact) mass is 532 g/mol. The third-order valence-corrected chi connectivity index (χ3v) is 5.71. The number of hydrazone groups is 1. The minimum absolute atomic E-state index is 0.0692. The fraction of sp³-hybridized carbons (Fsp3) is 0. The van der Waals surface area contributed by atoms with Gasteiger partial charge in [0, 0.05) is 17.2 Å². The SMILES string of the molecule is O=C(NN=Cc1ccc(OC(=O)c2ccccc2)cc1OC(=O)c1ccccc1)c1ccc(Cl)c(Cl)c1. The molecule has 1 N–H and O–H groups in total. The van der Waals surface area contributed by atoms with Crippen LogP contribution in [0, 0.1) is 0 Å². The Hall–Kier alpha value is -4.46. The van der Waals surface area contributed by atoms with Crippen molar-refractivity contribution in [1.29, 1.82) is 0 Å². The Kier molecular flexibility index (Phi) is 8.30. The standard InChI is InChI=1S/C28H18Cl2N2O5/c29-23-14-12-20(15-24(23)30)26(33)32-31-17-21-11-13-22(36-27(34)18-7-3-1-4-8-18)16-25(21)37-28(35)19-9-5-2-6-10-19/h1-17H,(H,32,33). The predicted molar refractivity (Wildman–Crippen MR) is 141 cm³/mol. The molecular formula is C28H18Cl2N2O5. The summed E-state index contributed by atoms with van der Waals surface area (Å²) in [6.45, 7) is 0. The summed E-state index contributed by atoms with van der Waals surface area (Å²) in [5.74, 6) is -1.50. The molecule has 0 fully saturated rings. The van der Waals surface area contributed by atoms with Crippen LogP contribution in [0.1, 0.15) is 36.6 Å². The van der Waals surface area contributed by atoms with Crippen LogP contribution in [0.15, 0.2) is 102 Å². The maximum atomic E-state index is 12.7. The minimum Gasteiger partial charge on any atom is -0.423 e. The van der Waals surface area contributed by atoms with Gasteiger partial charge in [-0.05, 0) is 54.6 Å². The first-order valence-corrected chi connectivity index (χ1v) is 11.6. The summed E-state index contributed by atoms with van der Waals surface area (Å²) in [5.41, 5.74) is 3.66. The lowest BCUT2D eigenvalue weighted by Crippen LogP contribution is -2.17. The van der Waals surface area contributed by atoms with Gasteiger partial charge in [-0.1, -0.05) is 59.6 Å². The number of nitrogens with one attached hydrogen (secondary N) is 1.